The number of carbonyl (C=O) groups is 1. The Hall–Kier alpha value is -2.63. The second kappa shape index (κ2) is 5.81. The van der Waals surface area contributed by atoms with E-state index in [1.54, 1.807) is 18.5 Å². The van der Waals surface area contributed by atoms with Gasteiger partial charge in [-0.2, -0.15) is 0 Å². The molecule has 1 amide bonds. The average molecular weight is 259 g/mol. The molecule has 0 atom stereocenters. The summed E-state index contributed by atoms with van der Waals surface area (Å²) in [6.45, 7) is 0.294. The van der Waals surface area contributed by atoms with Crippen molar-refractivity contribution in [3.05, 3.63) is 64.6 Å². The molecule has 0 aliphatic heterocycles. The molecule has 1 heterocycles. The third-order valence-electron chi connectivity index (χ3n) is 2.48. The van der Waals surface area contributed by atoms with Gasteiger partial charge >= 0.3 is 0 Å². The number of hydrogen-bond donors (Lipinski definition) is 1. The molecule has 19 heavy (non-hydrogen) atoms. The van der Waals surface area contributed by atoms with Crippen molar-refractivity contribution >= 4 is 11.6 Å². The number of halogens is 1. The summed E-state index contributed by atoms with van der Waals surface area (Å²) < 4.78 is 13.3. The van der Waals surface area contributed by atoms with Gasteiger partial charge in [-0.3, -0.25) is 9.78 Å². The van der Waals surface area contributed by atoms with Crippen LogP contribution in [0.2, 0.25) is 0 Å². The number of carbonyl (C=O) groups excluding carboxylic acids is 1. The SMILES string of the molecule is O=Nc1ccc(C(=O)NCc2cccnc2)cc1F. The maximum atomic E-state index is 13.3. The Balaban J connectivity index is 2.04. The lowest BCUT2D eigenvalue weighted by atomic mass is 10.2. The Morgan fingerprint density at radius 2 is 2.21 bits per heavy atom. The molecule has 6 heteroatoms. The first-order chi connectivity index (χ1) is 9.20. The second-order valence-electron chi connectivity index (χ2n) is 3.80. The second-order valence-corrected chi connectivity index (χ2v) is 3.80. The van der Waals surface area contributed by atoms with Gasteiger partial charge in [0.2, 0.25) is 0 Å². The van der Waals surface area contributed by atoms with E-state index in [-0.39, 0.29) is 11.3 Å². The lowest BCUT2D eigenvalue weighted by Gasteiger charge is -2.05. The number of pyridine rings is 1. The predicted molar refractivity (Wildman–Crippen MR) is 67.3 cm³/mol. The molecule has 1 N–H and O–H groups in total. The maximum Gasteiger partial charge on any atom is 0.251 e. The number of benzene rings is 1. The van der Waals surface area contributed by atoms with E-state index in [0.717, 1.165) is 11.6 Å². The van der Waals surface area contributed by atoms with Crippen molar-refractivity contribution in [1.29, 1.82) is 0 Å². The Kier molecular flexibility index (Phi) is 3.92. The summed E-state index contributed by atoms with van der Waals surface area (Å²) in [4.78, 5) is 25.9. The van der Waals surface area contributed by atoms with E-state index in [9.17, 15) is 14.1 Å². The molecule has 0 saturated carbocycles. The van der Waals surface area contributed by atoms with Gasteiger partial charge in [-0.15, -0.1) is 4.91 Å². The molecular formula is C13H10FN3O2. The third-order valence-corrected chi connectivity index (χ3v) is 2.48. The lowest BCUT2D eigenvalue weighted by Crippen LogP contribution is -2.22. The minimum atomic E-state index is -0.816. The number of nitrogens with zero attached hydrogens (tertiary/aromatic N) is 2. The Morgan fingerprint density at radius 3 is 2.84 bits per heavy atom. The van der Waals surface area contributed by atoms with Crippen molar-refractivity contribution in [3.63, 3.8) is 0 Å². The molecule has 2 rings (SSSR count). The molecule has 0 spiro atoms. The van der Waals surface area contributed by atoms with Crippen LogP contribution < -0.4 is 5.32 Å². The van der Waals surface area contributed by atoms with Crippen LogP contribution in [-0.2, 0) is 6.54 Å². The molecule has 0 radical (unpaired) electrons. The molecule has 1 aromatic carbocycles. The molecule has 96 valence electrons. The summed E-state index contributed by atoms with van der Waals surface area (Å²) in [5, 5.41) is 5.12. The molecular weight excluding hydrogens is 249 g/mol. The zero-order chi connectivity index (χ0) is 13.7. The van der Waals surface area contributed by atoms with Crippen molar-refractivity contribution in [3.8, 4) is 0 Å². The van der Waals surface area contributed by atoms with Crippen LogP contribution in [0.5, 0.6) is 0 Å². The van der Waals surface area contributed by atoms with Crippen molar-refractivity contribution in [2.45, 2.75) is 6.54 Å². The van der Waals surface area contributed by atoms with E-state index in [4.69, 9.17) is 0 Å². The molecule has 2 aromatic rings. The Morgan fingerprint density at radius 1 is 1.37 bits per heavy atom. The molecule has 0 aliphatic carbocycles. The van der Waals surface area contributed by atoms with Crippen molar-refractivity contribution < 1.29 is 9.18 Å². The Labute approximate surface area is 108 Å². The number of nitroso groups, excluding NO2 is 1. The fourth-order valence-corrected chi connectivity index (χ4v) is 1.51. The summed E-state index contributed by atoms with van der Waals surface area (Å²) in [6.07, 6.45) is 3.26. The van der Waals surface area contributed by atoms with Crippen molar-refractivity contribution in [2.24, 2.45) is 5.18 Å². The monoisotopic (exact) mass is 259 g/mol. The summed E-state index contributed by atoms with van der Waals surface area (Å²) in [5.74, 6) is -1.25. The first kappa shape index (κ1) is 12.8. The van der Waals surface area contributed by atoms with Gasteiger partial charge in [-0.1, -0.05) is 6.07 Å². The van der Waals surface area contributed by atoms with Crippen LogP contribution in [-0.4, -0.2) is 10.9 Å². The summed E-state index contributed by atoms with van der Waals surface area (Å²) in [7, 11) is 0. The molecule has 5 nitrogen and oxygen atoms in total. The normalized spacial score (nSPS) is 9.95. The zero-order valence-electron chi connectivity index (χ0n) is 9.84. The molecule has 0 bridgehead atoms. The van der Waals surface area contributed by atoms with Gasteiger partial charge < -0.3 is 5.32 Å². The van der Waals surface area contributed by atoms with Crippen LogP contribution in [0.1, 0.15) is 15.9 Å². The summed E-state index contributed by atoms with van der Waals surface area (Å²) >= 11 is 0. The largest absolute Gasteiger partial charge is 0.348 e. The van der Waals surface area contributed by atoms with Crippen molar-refractivity contribution in [2.75, 3.05) is 0 Å². The highest BCUT2D eigenvalue weighted by Gasteiger charge is 2.09. The maximum absolute atomic E-state index is 13.3. The fraction of sp³-hybridized carbons (Fsp3) is 0.0769. The van der Waals surface area contributed by atoms with Crippen LogP contribution in [0.25, 0.3) is 0 Å². The highest BCUT2D eigenvalue weighted by atomic mass is 19.1. The number of hydrogen-bond acceptors (Lipinski definition) is 4. The number of rotatable bonds is 4. The molecule has 0 fully saturated rings. The van der Waals surface area contributed by atoms with E-state index in [0.29, 0.717) is 6.54 Å². The smallest absolute Gasteiger partial charge is 0.251 e. The summed E-state index contributed by atoms with van der Waals surface area (Å²) in [6, 6.07) is 7.06. The van der Waals surface area contributed by atoms with Crippen LogP contribution in [0, 0.1) is 10.7 Å². The van der Waals surface area contributed by atoms with E-state index in [2.05, 4.69) is 15.5 Å². The van der Waals surface area contributed by atoms with E-state index in [1.165, 1.54) is 12.1 Å². The first-order valence-corrected chi connectivity index (χ1v) is 5.50. The molecule has 1 aromatic heterocycles. The van der Waals surface area contributed by atoms with Gasteiger partial charge in [0.05, 0.1) is 0 Å². The van der Waals surface area contributed by atoms with Gasteiger partial charge in [-0.25, -0.2) is 4.39 Å². The van der Waals surface area contributed by atoms with Gasteiger partial charge in [-0.05, 0) is 35.0 Å². The summed E-state index contributed by atoms with van der Waals surface area (Å²) in [5.41, 5.74) is 0.653. The average Bonchev–Trinajstić information content (AvgIpc) is 2.45. The molecule has 0 saturated heterocycles. The highest BCUT2D eigenvalue weighted by molar-refractivity contribution is 5.94. The quantitative estimate of drug-likeness (QED) is 0.857. The van der Waals surface area contributed by atoms with E-state index < -0.39 is 11.7 Å². The fourth-order valence-electron chi connectivity index (χ4n) is 1.51. The Bertz CT molecular complexity index is 602. The zero-order valence-corrected chi connectivity index (χ0v) is 9.84. The topological polar surface area (TPSA) is 71.4 Å². The van der Waals surface area contributed by atoms with Gasteiger partial charge in [0, 0.05) is 24.5 Å². The minimum absolute atomic E-state index is 0.133. The van der Waals surface area contributed by atoms with Crippen LogP contribution in [0.15, 0.2) is 47.9 Å². The lowest BCUT2D eigenvalue weighted by molar-refractivity contribution is 0.0950. The third kappa shape index (κ3) is 3.19. The van der Waals surface area contributed by atoms with Crippen molar-refractivity contribution in [1.82, 2.24) is 10.3 Å². The minimum Gasteiger partial charge on any atom is -0.348 e. The first-order valence-electron chi connectivity index (χ1n) is 5.50. The van der Waals surface area contributed by atoms with Gasteiger partial charge in [0.25, 0.3) is 5.91 Å². The highest BCUT2D eigenvalue weighted by Crippen LogP contribution is 2.18. The van der Waals surface area contributed by atoms with Gasteiger partial charge in [0.15, 0.2) is 5.82 Å². The molecule has 0 aliphatic rings. The predicted octanol–water partition coefficient (Wildman–Crippen LogP) is 2.55. The standard InChI is InChI=1S/C13H10FN3O2/c14-11-6-10(3-4-12(11)17-19)13(18)16-8-9-2-1-5-15-7-9/h1-7H,8H2,(H,16,18). The van der Waals surface area contributed by atoms with E-state index in [1.807, 2.05) is 6.07 Å². The van der Waals surface area contributed by atoms with Crippen LogP contribution >= 0.6 is 0 Å². The molecule has 0 unspecified atom stereocenters. The number of amides is 1. The van der Waals surface area contributed by atoms with Crippen LogP contribution in [0.4, 0.5) is 10.1 Å². The van der Waals surface area contributed by atoms with Gasteiger partial charge in [0.1, 0.15) is 5.69 Å². The van der Waals surface area contributed by atoms with Crippen LogP contribution in [0.3, 0.4) is 0 Å². The van der Waals surface area contributed by atoms with E-state index >= 15 is 0 Å². The number of aromatic nitrogens is 1. The number of nitrogens with one attached hydrogen (secondary N) is 1.